The third-order valence-corrected chi connectivity index (χ3v) is 3.00. The van der Waals surface area contributed by atoms with Crippen LogP contribution in [0.25, 0.3) is 0 Å². The van der Waals surface area contributed by atoms with Gasteiger partial charge >= 0.3 is 0 Å². The molecule has 0 bridgehead atoms. The molecule has 18 heavy (non-hydrogen) atoms. The lowest BCUT2D eigenvalue weighted by Crippen LogP contribution is -2.32. The molecule has 1 rings (SSSR count). The van der Waals surface area contributed by atoms with E-state index in [-0.39, 0.29) is 6.10 Å². The average Bonchev–Trinajstić information content (AvgIpc) is 2.32. The van der Waals surface area contributed by atoms with Crippen molar-refractivity contribution >= 4 is 11.5 Å². The summed E-state index contributed by atoms with van der Waals surface area (Å²) >= 11 is 0. The van der Waals surface area contributed by atoms with Gasteiger partial charge in [0.05, 0.1) is 6.10 Å². The fourth-order valence-corrected chi connectivity index (χ4v) is 1.98. The minimum Gasteiger partial charge on any atom is -0.473 e. The molecule has 5 nitrogen and oxygen atoms in total. The summed E-state index contributed by atoms with van der Waals surface area (Å²) in [6.07, 6.45) is 3.66. The number of anilines is 2. The van der Waals surface area contributed by atoms with Crippen molar-refractivity contribution in [2.45, 2.75) is 52.7 Å². The van der Waals surface area contributed by atoms with E-state index >= 15 is 0 Å². The Morgan fingerprint density at radius 3 is 2.39 bits per heavy atom. The normalized spacial score (nSPS) is 11.1. The predicted octanol–water partition coefficient (Wildman–Crippen LogP) is 2.47. The van der Waals surface area contributed by atoms with Crippen molar-refractivity contribution in [1.82, 2.24) is 9.97 Å². The largest absolute Gasteiger partial charge is 0.473 e. The SMILES string of the molecule is CCC(CC)N(C)c1ncnc(OC(C)C)c1N. The van der Waals surface area contributed by atoms with E-state index in [1.54, 1.807) is 0 Å². The maximum Gasteiger partial charge on any atom is 0.242 e. The van der Waals surface area contributed by atoms with Gasteiger partial charge < -0.3 is 15.4 Å². The maximum atomic E-state index is 6.09. The Hall–Kier alpha value is -1.52. The molecule has 0 fully saturated rings. The summed E-state index contributed by atoms with van der Waals surface area (Å²) < 4.78 is 5.58. The summed E-state index contributed by atoms with van der Waals surface area (Å²) in [6, 6.07) is 0.425. The number of hydrogen-bond acceptors (Lipinski definition) is 5. The molecule has 0 unspecified atom stereocenters. The molecule has 0 aliphatic carbocycles. The second-order valence-electron chi connectivity index (χ2n) is 4.66. The van der Waals surface area contributed by atoms with Crippen molar-refractivity contribution in [3.8, 4) is 5.88 Å². The van der Waals surface area contributed by atoms with Gasteiger partial charge in [0.2, 0.25) is 5.88 Å². The van der Waals surface area contributed by atoms with Crippen LogP contribution in [0, 0.1) is 0 Å². The molecule has 0 saturated carbocycles. The Balaban J connectivity index is 3.02. The highest BCUT2D eigenvalue weighted by atomic mass is 16.5. The molecule has 0 amide bonds. The quantitative estimate of drug-likeness (QED) is 0.842. The number of hydrogen-bond donors (Lipinski definition) is 1. The van der Waals surface area contributed by atoms with E-state index in [2.05, 4.69) is 28.7 Å². The summed E-state index contributed by atoms with van der Waals surface area (Å²) in [7, 11) is 2.01. The van der Waals surface area contributed by atoms with Crippen LogP contribution in [0.3, 0.4) is 0 Å². The molecule has 0 spiro atoms. The van der Waals surface area contributed by atoms with Gasteiger partial charge in [-0.05, 0) is 26.7 Å². The van der Waals surface area contributed by atoms with E-state index in [1.807, 2.05) is 20.9 Å². The zero-order chi connectivity index (χ0) is 13.7. The molecule has 0 atom stereocenters. The molecule has 2 N–H and O–H groups in total. The van der Waals surface area contributed by atoms with Crippen LogP contribution in [-0.4, -0.2) is 29.2 Å². The molecule has 5 heteroatoms. The smallest absolute Gasteiger partial charge is 0.242 e. The molecule has 0 saturated heterocycles. The lowest BCUT2D eigenvalue weighted by molar-refractivity contribution is 0.234. The molecular weight excluding hydrogens is 228 g/mol. The minimum atomic E-state index is 0.0495. The van der Waals surface area contributed by atoms with Crippen LogP contribution in [-0.2, 0) is 0 Å². The number of rotatable bonds is 6. The molecule has 0 radical (unpaired) electrons. The Morgan fingerprint density at radius 1 is 1.28 bits per heavy atom. The standard InChI is InChI=1S/C13H24N4O/c1-6-10(7-2)17(5)12-11(14)13(16-8-15-12)18-9(3)4/h8-10H,6-7,14H2,1-5H3. The maximum absolute atomic E-state index is 6.09. The minimum absolute atomic E-state index is 0.0495. The first-order valence-electron chi connectivity index (χ1n) is 6.51. The van der Waals surface area contributed by atoms with E-state index in [4.69, 9.17) is 10.5 Å². The predicted molar refractivity (Wildman–Crippen MR) is 75.0 cm³/mol. The summed E-state index contributed by atoms with van der Waals surface area (Å²) in [5, 5.41) is 0. The summed E-state index contributed by atoms with van der Waals surface area (Å²) in [4.78, 5) is 10.5. The fourth-order valence-electron chi connectivity index (χ4n) is 1.98. The van der Waals surface area contributed by atoms with Crippen molar-refractivity contribution in [3.63, 3.8) is 0 Å². The van der Waals surface area contributed by atoms with Crippen molar-refractivity contribution in [3.05, 3.63) is 6.33 Å². The first kappa shape index (κ1) is 14.5. The lowest BCUT2D eigenvalue weighted by Gasteiger charge is -2.28. The van der Waals surface area contributed by atoms with E-state index in [9.17, 15) is 0 Å². The molecular formula is C13H24N4O. The molecule has 1 heterocycles. The van der Waals surface area contributed by atoms with Gasteiger partial charge in [0.15, 0.2) is 5.82 Å². The number of aromatic nitrogens is 2. The Morgan fingerprint density at radius 2 is 1.89 bits per heavy atom. The topological polar surface area (TPSA) is 64.3 Å². The average molecular weight is 252 g/mol. The van der Waals surface area contributed by atoms with E-state index in [1.165, 1.54) is 6.33 Å². The lowest BCUT2D eigenvalue weighted by atomic mass is 10.1. The van der Waals surface area contributed by atoms with Crippen molar-refractivity contribution < 1.29 is 4.74 Å². The van der Waals surface area contributed by atoms with E-state index in [0.717, 1.165) is 18.7 Å². The highest BCUT2D eigenvalue weighted by Crippen LogP contribution is 2.29. The first-order valence-corrected chi connectivity index (χ1v) is 6.51. The Labute approximate surface area is 109 Å². The van der Waals surface area contributed by atoms with Gasteiger partial charge in [-0.15, -0.1) is 0 Å². The Kier molecular flexibility index (Phi) is 5.19. The zero-order valence-electron chi connectivity index (χ0n) is 12.0. The van der Waals surface area contributed by atoms with Crippen molar-refractivity contribution in [2.75, 3.05) is 17.7 Å². The Bertz CT molecular complexity index is 377. The van der Waals surface area contributed by atoms with Crippen molar-refractivity contribution in [2.24, 2.45) is 0 Å². The fraction of sp³-hybridized carbons (Fsp3) is 0.692. The molecule has 102 valence electrons. The van der Waals surface area contributed by atoms with Gasteiger partial charge in [-0.2, -0.15) is 4.98 Å². The van der Waals surface area contributed by atoms with Gasteiger partial charge in [-0.25, -0.2) is 4.98 Å². The second kappa shape index (κ2) is 6.42. The number of ether oxygens (including phenoxy) is 1. The van der Waals surface area contributed by atoms with Gasteiger partial charge in [-0.3, -0.25) is 0 Å². The highest BCUT2D eigenvalue weighted by molar-refractivity contribution is 5.67. The molecule has 0 aromatic carbocycles. The van der Waals surface area contributed by atoms with Crippen LogP contribution in [0.1, 0.15) is 40.5 Å². The van der Waals surface area contributed by atoms with Crippen LogP contribution < -0.4 is 15.4 Å². The highest BCUT2D eigenvalue weighted by Gasteiger charge is 2.18. The van der Waals surface area contributed by atoms with Crippen molar-refractivity contribution in [1.29, 1.82) is 0 Å². The van der Waals surface area contributed by atoms with Gasteiger partial charge in [0, 0.05) is 13.1 Å². The molecule has 1 aromatic heterocycles. The summed E-state index contributed by atoms with van der Waals surface area (Å²) in [6.45, 7) is 8.22. The molecule has 0 aliphatic rings. The molecule has 1 aromatic rings. The van der Waals surface area contributed by atoms with Gasteiger partial charge in [0.25, 0.3) is 0 Å². The first-order chi connectivity index (χ1) is 8.51. The number of nitrogen functional groups attached to an aromatic ring is 1. The van der Waals surface area contributed by atoms with Crippen LogP contribution >= 0.6 is 0 Å². The summed E-state index contributed by atoms with van der Waals surface area (Å²) in [5.74, 6) is 1.21. The third-order valence-electron chi connectivity index (χ3n) is 3.00. The van der Waals surface area contributed by atoms with Crippen LogP contribution in [0.15, 0.2) is 6.33 Å². The van der Waals surface area contributed by atoms with E-state index in [0.29, 0.717) is 17.6 Å². The third kappa shape index (κ3) is 3.24. The summed E-state index contributed by atoms with van der Waals surface area (Å²) in [5.41, 5.74) is 6.60. The second-order valence-corrected chi connectivity index (χ2v) is 4.66. The number of nitrogens with zero attached hydrogens (tertiary/aromatic N) is 3. The monoisotopic (exact) mass is 252 g/mol. The van der Waals surface area contributed by atoms with Gasteiger partial charge in [-0.1, -0.05) is 13.8 Å². The van der Waals surface area contributed by atoms with Crippen LogP contribution in [0.4, 0.5) is 11.5 Å². The van der Waals surface area contributed by atoms with Gasteiger partial charge in [0.1, 0.15) is 12.0 Å². The van der Waals surface area contributed by atoms with E-state index < -0.39 is 0 Å². The zero-order valence-corrected chi connectivity index (χ0v) is 12.0. The van der Waals surface area contributed by atoms with Crippen LogP contribution in [0.2, 0.25) is 0 Å². The molecule has 0 aliphatic heterocycles. The number of nitrogens with two attached hydrogens (primary N) is 1. The van der Waals surface area contributed by atoms with Crippen LogP contribution in [0.5, 0.6) is 5.88 Å².